The van der Waals surface area contributed by atoms with Crippen molar-refractivity contribution in [3.05, 3.63) is 42.1 Å². The van der Waals surface area contributed by atoms with Crippen molar-refractivity contribution in [2.24, 2.45) is 0 Å². The zero-order chi connectivity index (χ0) is 18.5. The van der Waals surface area contributed by atoms with Crippen molar-refractivity contribution in [2.45, 2.75) is 26.8 Å². The molecule has 2 amide bonds. The van der Waals surface area contributed by atoms with Gasteiger partial charge in [-0.2, -0.15) is 4.98 Å². The highest BCUT2D eigenvalue weighted by Gasteiger charge is 2.18. The van der Waals surface area contributed by atoms with Crippen LogP contribution in [-0.2, 0) is 13.0 Å². The number of urea groups is 1. The van der Waals surface area contributed by atoms with Crippen molar-refractivity contribution in [3.63, 3.8) is 0 Å². The van der Waals surface area contributed by atoms with Gasteiger partial charge in [0, 0.05) is 13.0 Å². The number of benzene rings is 1. The smallest absolute Gasteiger partial charge is 0.322 e. The highest BCUT2D eigenvalue weighted by atomic mass is 19.1. The summed E-state index contributed by atoms with van der Waals surface area (Å²) in [5.41, 5.74) is 0.528. The van der Waals surface area contributed by atoms with Crippen LogP contribution in [0.4, 0.5) is 14.9 Å². The molecule has 0 saturated carbocycles. The fourth-order valence-corrected chi connectivity index (χ4v) is 2.21. The monoisotopic (exact) mass is 360 g/mol. The van der Waals surface area contributed by atoms with Crippen LogP contribution >= 0.6 is 0 Å². The Morgan fingerprint density at radius 3 is 2.88 bits per heavy atom. The molecule has 0 aliphatic heterocycles. The summed E-state index contributed by atoms with van der Waals surface area (Å²) >= 11 is 0. The van der Waals surface area contributed by atoms with E-state index in [2.05, 4.69) is 31.0 Å². The van der Waals surface area contributed by atoms with Gasteiger partial charge in [0.25, 0.3) is 0 Å². The topological polar surface area (TPSA) is 115 Å². The van der Waals surface area contributed by atoms with E-state index in [1.807, 2.05) is 6.92 Å². The molecule has 0 aliphatic carbocycles. The third-order valence-corrected chi connectivity index (χ3v) is 3.63. The van der Waals surface area contributed by atoms with E-state index in [1.54, 1.807) is 6.92 Å². The molecule has 2 heterocycles. The van der Waals surface area contributed by atoms with Gasteiger partial charge in [-0.25, -0.2) is 13.9 Å². The van der Waals surface area contributed by atoms with Crippen LogP contribution in [0.2, 0.25) is 0 Å². The molecular weight excluding hydrogens is 343 g/mol. The van der Waals surface area contributed by atoms with Crippen LogP contribution in [0, 0.1) is 5.82 Å². The standard InChI is InChI=1S/C15H17FN8O2/c1-3-13-19-14(26-20-13)8-23(4-2)15(25)18-12-7-10(5-6-11(12)16)24-9-17-21-22-24/h5-7,9H,3-4,8H2,1-2H3,(H,18,25). The fraction of sp³-hybridized carbons (Fsp3) is 0.333. The van der Waals surface area contributed by atoms with Gasteiger partial charge in [-0.15, -0.1) is 5.10 Å². The molecule has 26 heavy (non-hydrogen) atoms. The van der Waals surface area contributed by atoms with E-state index in [0.29, 0.717) is 30.4 Å². The highest BCUT2D eigenvalue weighted by molar-refractivity contribution is 5.89. The second kappa shape index (κ2) is 7.68. The summed E-state index contributed by atoms with van der Waals surface area (Å²) in [6.45, 7) is 4.21. The summed E-state index contributed by atoms with van der Waals surface area (Å²) in [5.74, 6) is 0.315. The Hall–Kier alpha value is -3.37. The number of tetrazole rings is 1. The van der Waals surface area contributed by atoms with E-state index in [0.717, 1.165) is 0 Å². The Bertz CT molecular complexity index is 880. The van der Waals surface area contributed by atoms with Crippen molar-refractivity contribution in [1.82, 2.24) is 35.2 Å². The summed E-state index contributed by atoms with van der Waals surface area (Å²) in [6.07, 6.45) is 2.01. The number of aromatic nitrogens is 6. The number of rotatable bonds is 6. The molecule has 0 bridgehead atoms. The summed E-state index contributed by atoms with van der Waals surface area (Å²) in [7, 11) is 0. The average molecular weight is 360 g/mol. The maximum Gasteiger partial charge on any atom is 0.322 e. The number of halogens is 1. The fourth-order valence-electron chi connectivity index (χ4n) is 2.21. The Kier molecular flexibility index (Phi) is 5.15. The van der Waals surface area contributed by atoms with Gasteiger partial charge in [0.15, 0.2) is 5.82 Å². The van der Waals surface area contributed by atoms with Gasteiger partial charge in [0.1, 0.15) is 18.7 Å². The van der Waals surface area contributed by atoms with E-state index in [1.165, 1.54) is 34.1 Å². The van der Waals surface area contributed by atoms with E-state index in [-0.39, 0.29) is 12.2 Å². The normalized spacial score (nSPS) is 10.7. The first-order valence-electron chi connectivity index (χ1n) is 8.01. The molecular formula is C15H17FN8O2. The van der Waals surface area contributed by atoms with Crippen LogP contribution in [0.25, 0.3) is 5.69 Å². The second-order valence-electron chi connectivity index (χ2n) is 5.32. The third kappa shape index (κ3) is 3.82. The van der Waals surface area contributed by atoms with Crippen molar-refractivity contribution < 1.29 is 13.7 Å². The summed E-state index contributed by atoms with van der Waals surface area (Å²) in [5, 5.41) is 17.1. The molecule has 136 valence electrons. The average Bonchev–Trinajstić information content (AvgIpc) is 3.33. The largest absolute Gasteiger partial charge is 0.337 e. The molecule has 3 rings (SSSR count). The predicted molar refractivity (Wildman–Crippen MR) is 87.9 cm³/mol. The van der Waals surface area contributed by atoms with E-state index in [9.17, 15) is 9.18 Å². The van der Waals surface area contributed by atoms with Gasteiger partial charge in [-0.3, -0.25) is 0 Å². The molecule has 11 heteroatoms. The van der Waals surface area contributed by atoms with Gasteiger partial charge in [0.2, 0.25) is 5.89 Å². The molecule has 2 aromatic heterocycles. The first kappa shape index (κ1) is 17.5. The predicted octanol–water partition coefficient (Wildman–Crippen LogP) is 1.80. The molecule has 0 aliphatic rings. The van der Waals surface area contributed by atoms with E-state index in [4.69, 9.17) is 4.52 Å². The number of amides is 2. The van der Waals surface area contributed by atoms with Crippen molar-refractivity contribution >= 4 is 11.7 Å². The number of carbonyl (C=O) groups excluding carboxylic acids is 1. The maximum absolute atomic E-state index is 14.1. The minimum Gasteiger partial charge on any atom is -0.337 e. The number of nitrogens with zero attached hydrogens (tertiary/aromatic N) is 7. The summed E-state index contributed by atoms with van der Waals surface area (Å²) in [6, 6.07) is 3.69. The number of nitrogens with one attached hydrogen (secondary N) is 1. The minimum atomic E-state index is -0.572. The lowest BCUT2D eigenvalue weighted by Gasteiger charge is -2.19. The van der Waals surface area contributed by atoms with Gasteiger partial charge < -0.3 is 14.7 Å². The minimum absolute atomic E-state index is 0.0150. The van der Waals surface area contributed by atoms with Gasteiger partial charge in [-0.05, 0) is 35.5 Å². The lowest BCUT2D eigenvalue weighted by molar-refractivity contribution is 0.203. The van der Waals surface area contributed by atoms with Gasteiger partial charge >= 0.3 is 6.03 Å². The van der Waals surface area contributed by atoms with Crippen LogP contribution in [0.3, 0.4) is 0 Å². The molecule has 0 spiro atoms. The second-order valence-corrected chi connectivity index (χ2v) is 5.32. The zero-order valence-electron chi connectivity index (χ0n) is 14.3. The first-order chi connectivity index (χ1) is 12.6. The number of hydrogen-bond acceptors (Lipinski definition) is 7. The Morgan fingerprint density at radius 1 is 1.38 bits per heavy atom. The molecule has 0 unspecified atom stereocenters. The Morgan fingerprint density at radius 2 is 2.23 bits per heavy atom. The highest BCUT2D eigenvalue weighted by Crippen LogP contribution is 2.19. The first-order valence-corrected chi connectivity index (χ1v) is 8.01. The summed E-state index contributed by atoms with van der Waals surface area (Å²) in [4.78, 5) is 18.1. The lowest BCUT2D eigenvalue weighted by atomic mass is 10.2. The van der Waals surface area contributed by atoms with Crippen LogP contribution in [0.5, 0.6) is 0 Å². The SMILES string of the molecule is CCc1noc(CN(CC)C(=O)Nc2cc(-n3cnnn3)ccc2F)n1. The van der Waals surface area contributed by atoms with E-state index >= 15 is 0 Å². The number of hydrogen-bond donors (Lipinski definition) is 1. The molecule has 0 atom stereocenters. The number of aryl methyl sites for hydroxylation is 1. The molecule has 0 saturated heterocycles. The number of anilines is 1. The third-order valence-electron chi connectivity index (χ3n) is 3.63. The Labute approximate surface area is 148 Å². The zero-order valence-corrected chi connectivity index (χ0v) is 14.3. The van der Waals surface area contributed by atoms with Crippen molar-refractivity contribution in [2.75, 3.05) is 11.9 Å². The van der Waals surface area contributed by atoms with Crippen LogP contribution in [0.15, 0.2) is 29.0 Å². The molecule has 0 radical (unpaired) electrons. The summed E-state index contributed by atoms with van der Waals surface area (Å²) < 4.78 is 20.5. The lowest BCUT2D eigenvalue weighted by Crippen LogP contribution is -2.34. The quantitative estimate of drug-likeness (QED) is 0.712. The molecule has 3 aromatic rings. The maximum atomic E-state index is 14.1. The van der Waals surface area contributed by atoms with Crippen molar-refractivity contribution in [3.8, 4) is 5.69 Å². The van der Waals surface area contributed by atoms with Crippen LogP contribution in [-0.4, -0.2) is 47.8 Å². The molecule has 0 fully saturated rings. The Balaban J connectivity index is 1.74. The van der Waals surface area contributed by atoms with Crippen LogP contribution < -0.4 is 5.32 Å². The van der Waals surface area contributed by atoms with Gasteiger partial charge in [-0.1, -0.05) is 12.1 Å². The number of carbonyl (C=O) groups is 1. The van der Waals surface area contributed by atoms with Crippen molar-refractivity contribution in [1.29, 1.82) is 0 Å². The molecule has 1 N–H and O–H groups in total. The molecule has 10 nitrogen and oxygen atoms in total. The van der Waals surface area contributed by atoms with Gasteiger partial charge in [0.05, 0.1) is 11.4 Å². The van der Waals surface area contributed by atoms with Crippen LogP contribution in [0.1, 0.15) is 25.6 Å². The van der Waals surface area contributed by atoms with E-state index < -0.39 is 11.8 Å². The molecule has 1 aromatic carbocycles.